The Morgan fingerprint density at radius 2 is 2.26 bits per heavy atom. The largest absolute Gasteiger partial charge is 0.469 e. The van der Waals surface area contributed by atoms with Crippen LogP contribution in [-0.2, 0) is 9.53 Å². The van der Waals surface area contributed by atoms with Crippen LogP contribution in [0.5, 0.6) is 0 Å². The first-order valence-corrected chi connectivity index (χ1v) is 7.09. The Morgan fingerprint density at radius 1 is 1.53 bits per heavy atom. The molecule has 1 N–H and O–H groups in total. The maximum absolute atomic E-state index is 11.1. The number of guanidine groups is 1. The van der Waals surface area contributed by atoms with Gasteiger partial charge in [0, 0.05) is 26.7 Å². The molecule has 0 saturated carbocycles. The Kier molecular flexibility index (Phi) is 6.67. The molecule has 1 unspecified atom stereocenters. The highest BCUT2D eigenvalue weighted by molar-refractivity contribution is 5.80. The summed E-state index contributed by atoms with van der Waals surface area (Å²) in [6.45, 7) is 7.23. The summed E-state index contributed by atoms with van der Waals surface area (Å²) in [7, 11) is 3.20. The second-order valence-electron chi connectivity index (χ2n) is 5.53. The van der Waals surface area contributed by atoms with Crippen LogP contribution in [0.2, 0.25) is 0 Å². The summed E-state index contributed by atoms with van der Waals surface area (Å²) in [5.41, 5.74) is 0. The van der Waals surface area contributed by atoms with Crippen LogP contribution in [0.1, 0.15) is 33.1 Å². The zero-order valence-electron chi connectivity index (χ0n) is 12.6. The summed E-state index contributed by atoms with van der Waals surface area (Å²) in [6, 6.07) is 0. The van der Waals surface area contributed by atoms with E-state index in [0.29, 0.717) is 13.0 Å². The molecule has 1 atom stereocenters. The molecule has 5 heteroatoms. The van der Waals surface area contributed by atoms with Crippen molar-refractivity contribution < 1.29 is 9.53 Å². The van der Waals surface area contributed by atoms with E-state index in [1.807, 2.05) is 0 Å². The Morgan fingerprint density at radius 3 is 2.84 bits per heavy atom. The lowest BCUT2D eigenvalue weighted by Crippen LogP contribution is -2.41. The van der Waals surface area contributed by atoms with E-state index in [4.69, 9.17) is 0 Å². The Balaban J connectivity index is 2.34. The van der Waals surface area contributed by atoms with Crippen molar-refractivity contribution in [1.29, 1.82) is 0 Å². The second kappa shape index (κ2) is 8.02. The third kappa shape index (κ3) is 5.49. The zero-order valence-corrected chi connectivity index (χ0v) is 12.6. The zero-order chi connectivity index (χ0) is 14.3. The van der Waals surface area contributed by atoms with E-state index in [0.717, 1.165) is 30.9 Å². The Bertz CT molecular complexity index is 316. The van der Waals surface area contributed by atoms with Crippen molar-refractivity contribution in [1.82, 2.24) is 10.2 Å². The normalized spacial score (nSPS) is 19.9. The van der Waals surface area contributed by atoms with Gasteiger partial charge in [-0.15, -0.1) is 0 Å². The quantitative estimate of drug-likeness (QED) is 0.467. The highest BCUT2D eigenvalue weighted by Gasteiger charge is 2.25. The molecule has 0 spiro atoms. The third-order valence-corrected chi connectivity index (χ3v) is 3.44. The summed E-state index contributed by atoms with van der Waals surface area (Å²) in [4.78, 5) is 17.6. The van der Waals surface area contributed by atoms with Gasteiger partial charge in [0.15, 0.2) is 5.96 Å². The van der Waals surface area contributed by atoms with Gasteiger partial charge >= 0.3 is 5.97 Å². The number of hydrogen-bond acceptors (Lipinski definition) is 3. The fourth-order valence-corrected chi connectivity index (χ4v) is 2.59. The summed E-state index contributed by atoms with van der Waals surface area (Å²) < 4.78 is 4.62. The number of likely N-dealkylation sites (tertiary alicyclic amines) is 1. The van der Waals surface area contributed by atoms with Crippen LogP contribution in [0.25, 0.3) is 0 Å². The van der Waals surface area contributed by atoms with E-state index < -0.39 is 0 Å². The van der Waals surface area contributed by atoms with Crippen molar-refractivity contribution in [3.63, 3.8) is 0 Å². The molecule has 0 amide bonds. The van der Waals surface area contributed by atoms with Gasteiger partial charge in [0.25, 0.3) is 0 Å². The second-order valence-corrected chi connectivity index (χ2v) is 5.53. The smallest absolute Gasteiger partial charge is 0.307 e. The van der Waals surface area contributed by atoms with Crippen molar-refractivity contribution in [2.75, 3.05) is 33.8 Å². The molecule has 1 rings (SSSR count). The SMILES string of the molecule is CN=C(NCCC(=O)OC)N1CCC(CC(C)C)C1. The van der Waals surface area contributed by atoms with Crippen molar-refractivity contribution in [3.8, 4) is 0 Å². The fraction of sp³-hybridized carbons (Fsp3) is 0.857. The number of nitrogens with one attached hydrogen (secondary N) is 1. The van der Waals surface area contributed by atoms with Crippen molar-refractivity contribution in [3.05, 3.63) is 0 Å². The monoisotopic (exact) mass is 269 g/mol. The van der Waals surface area contributed by atoms with Gasteiger partial charge in [-0.2, -0.15) is 0 Å². The lowest BCUT2D eigenvalue weighted by molar-refractivity contribution is -0.140. The van der Waals surface area contributed by atoms with Gasteiger partial charge in [0.05, 0.1) is 13.5 Å². The maximum Gasteiger partial charge on any atom is 0.307 e. The molecule has 1 aliphatic heterocycles. The van der Waals surface area contributed by atoms with Gasteiger partial charge in [0.1, 0.15) is 0 Å². The number of methoxy groups -OCH3 is 1. The minimum atomic E-state index is -0.193. The first kappa shape index (κ1) is 15.8. The van der Waals surface area contributed by atoms with E-state index in [1.165, 1.54) is 20.0 Å². The van der Waals surface area contributed by atoms with Crippen LogP contribution in [0.4, 0.5) is 0 Å². The number of carbonyl (C=O) groups is 1. The average molecular weight is 269 g/mol. The van der Waals surface area contributed by atoms with Gasteiger partial charge in [-0.25, -0.2) is 0 Å². The molecule has 0 aliphatic carbocycles. The highest BCUT2D eigenvalue weighted by atomic mass is 16.5. The highest BCUT2D eigenvalue weighted by Crippen LogP contribution is 2.23. The molecular weight excluding hydrogens is 242 g/mol. The molecule has 110 valence electrons. The predicted octanol–water partition coefficient (Wildman–Crippen LogP) is 1.49. The van der Waals surface area contributed by atoms with Crippen molar-refractivity contribution in [2.45, 2.75) is 33.1 Å². The number of nitrogens with zero attached hydrogens (tertiary/aromatic N) is 2. The molecule has 1 saturated heterocycles. The van der Waals surface area contributed by atoms with E-state index >= 15 is 0 Å². The molecule has 0 aromatic heterocycles. The Labute approximate surface area is 116 Å². The van der Waals surface area contributed by atoms with E-state index in [2.05, 4.69) is 33.8 Å². The number of rotatable bonds is 5. The van der Waals surface area contributed by atoms with Crippen LogP contribution in [0.15, 0.2) is 4.99 Å². The summed E-state index contributed by atoms with van der Waals surface area (Å²) in [5, 5.41) is 3.23. The molecule has 19 heavy (non-hydrogen) atoms. The van der Waals surface area contributed by atoms with E-state index in [1.54, 1.807) is 7.05 Å². The van der Waals surface area contributed by atoms with E-state index in [9.17, 15) is 4.79 Å². The number of hydrogen-bond donors (Lipinski definition) is 1. The molecule has 1 heterocycles. The summed E-state index contributed by atoms with van der Waals surface area (Å²) >= 11 is 0. The average Bonchev–Trinajstić information content (AvgIpc) is 2.81. The molecule has 0 aromatic carbocycles. The molecular formula is C14H27N3O2. The molecule has 0 aromatic rings. The maximum atomic E-state index is 11.1. The first-order chi connectivity index (χ1) is 9.06. The van der Waals surface area contributed by atoms with Gasteiger partial charge in [-0.3, -0.25) is 9.79 Å². The van der Waals surface area contributed by atoms with Crippen LogP contribution in [0, 0.1) is 11.8 Å². The van der Waals surface area contributed by atoms with E-state index in [-0.39, 0.29) is 5.97 Å². The van der Waals surface area contributed by atoms with Crippen LogP contribution < -0.4 is 5.32 Å². The minimum Gasteiger partial charge on any atom is -0.469 e. The fourth-order valence-electron chi connectivity index (χ4n) is 2.59. The lowest BCUT2D eigenvalue weighted by Gasteiger charge is -2.22. The number of esters is 1. The topological polar surface area (TPSA) is 53.9 Å². The lowest BCUT2D eigenvalue weighted by atomic mass is 9.97. The molecule has 0 bridgehead atoms. The first-order valence-electron chi connectivity index (χ1n) is 7.09. The van der Waals surface area contributed by atoms with Crippen molar-refractivity contribution in [2.24, 2.45) is 16.8 Å². The Hall–Kier alpha value is -1.26. The summed E-state index contributed by atoms with van der Waals surface area (Å²) in [5.74, 6) is 2.22. The number of ether oxygens (including phenoxy) is 1. The summed E-state index contributed by atoms with van der Waals surface area (Å²) in [6.07, 6.45) is 2.88. The number of aliphatic imine (C=N–C) groups is 1. The van der Waals surface area contributed by atoms with Crippen LogP contribution >= 0.6 is 0 Å². The van der Waals surface area contributed by atoms with Gasteiger partial charge in [-0.1, -0.05) is 13.8 Å². The molecule has 1 aliphatic rings. The number of carbonyl (C=O) groups excluding carboxylic acids is 1. The van der Waals surface area contributed by atoms with Gasteiger partial charge in [-0.05, 0) is 24.7 Å². The molecule has 1 fully saturated rings. The molecule has 5 nitrogen and oxygen atoms in total. The standard InChI is InChI=1S/C14H27N3O2/c1-11(2)9-12-6-8-17(10-12)14(15-3)16-7-5-13(18)19-4/h11-12H,5-10H2,1-4H3,(H,15,16). The van der Waals surface area contributed by atoms with Gasteiger partial charge < -0.3 is 15.0 Å². The molecule has 0 radical (unpaired) electrons. The van der Waals surface area contributed by atoms with Gasteiger partial charge in [0.2, 0.25) is 0 Å². The van der Waals surface area contributed by atoms with Crippen LogP contribution in [0.3, 0.4) is 0 Å². The third-order valence-electron chi connectivity index (χ3n) is 3.44. The van der Waals surface area contributed by atoms with Crippen LogP contribution in [-0.4, -0.2) is 50.6 Å². The minimum absolute atomic E-state index is 0.193. The van der Waals surface area contributed by atoms with Crippen molar-refractivity contribution >= 4 is 11.9 Å². The predicted molar refractivity (Wildman–Crippen MR) is 77.1 cm³/mol.